The van der Waals surface area contributed by atoms with Gasteiger partial charge in [0, 0.05) is 0 Å². The Morgan fingerprint density at radius 2 is 1.76 bits per heavy atom. The van der Waals surface area contributed by atoms with Crippen LogP contribution in [0.25, 0.3) is 0 Å². The zero-order chi connectivity index (χ0) is 12.7. The van der Waals surface area contributed by atoms with Gasteiger partial charge in [-0.3, -0.25) is 0 Å². The molecule has 1 fully saturated rings. The minimum atomic E-state index is -4.29. The Morgan fingerprint density at radius 1 is 1.24 bits per heavy atom. The van der Waals surface area contributed by atoms with E-state index in [9.17, 15) is 18.3 Å². The lowest BCUT2D eigenvalue weighted by atomic mass is 9.95. The van der Waals surface area contributed by atoms with Crippen molar-refractivity contribution in [2.24, 2.45) is 5.41 Å². The van der Waals surface area contributed by atoms with Gasteiger partial charge in [-0.15, -0.1) is 0 Å². The topological polar surface area (TPSA) is 20.2 Å². The van der Waals surface area contributed by atoms with Crippen LogP contribution in [-0.2, 0) is 12.6 Å². The van der Waals surface area contributed by atoms with Gasteiger partial charge in [-0.05, 0) is 42.4 Å². The lowest BCUT2D eigenvalue weighted by molar-refractivity contribution is -0.137. The smallest absolute Gasteiger partial charge is 0.392 e. The second kappa shape index (κ2) is 4.02. The third kappa shape index (κ3) is 2.80. The van der Waals surface area contributed by atoms with Crippen molar-refractivity contribution in [1.82, 2.24) is 0 Å². The third-order valence-electron chi connectivity index (χ3n) is 3.55. The van der Waals surface area contributed by atoms with E-state index in [2.05, 4.69) is 0 Å². The lowest BCUT2D eigenvalue weighted by Crippen LogP contribution is -2.21. The molecule has 4 heteroatoms. The van der Waals surface area contributed by atoms with E-state index in [0.29, 0.717) is 6.42 Å². The van der Waals surface area contributed by atoms with Crippen molar-refractivity contribution in [3.05, 3.63) is 35.4 Å². The minimum absolute atomic E-state index is 0.0251. The highest BCUT2D eigenvalue weighted by molar-refractivity contribution is 5.25. The molecule has 1 saturated carbocycles. The molecule has 2 rings (SSSR count). The van der Waals surface area contributed by atoms with Crippen LogP contribution in [0.15, 0.2) is 24.3 Å². The highest BCUT2D eigenvalue weighted by Gasteiger charge is 2.43. The van der Waals surface area contributed by atoms with Crippen LogP contribution in [0.1, 0.15) is 30.9 Å². The van der Waals surface area contributed by atoms with Crippen LogP contribution in [0.5, 0.6) is 0 Å². The number of alkyl halides is 3. The van der Waals surface area contributed by atoms with Gasteiger partial charge in [0.25, 0.3) is 0 Å². The second-order valence-electron chi connectivity index (χ2n) is 5.07. The first-order chi connectivity index (χ1) is 7.81. The fourth-order valence-electron chi connectivity index (χ4n) is 1.83. The van der Waals surface area contributed by atoms with Crippen LogP contribution in [0.2, 0.25) is 0 Å². The zero-order valence-corrected chi connectivity index (χ0v) is 9.59. The number of hydrogen-bond acceptors (Lipinski definition) is 1. The molecule has 1 atom stereocenters. The molecule has 0 bridgehead atoms. The first kappa shape index (κ1) is 12.4. The minimum Gasteiger partial charge on any atom is -0.392 e. The Morgan fingerprint density at radius 3 is 2.18 bits per heavy atom. The van der Waals surface area contributed by atoms with Crippen LogP contribution in [0.4, 0.5) is 13.2 Å². The number of rotatable bonds is 3. The van der Waals surface area contributed by atoms with Gasteiger partial charge in [0.15, 0.2) is 0 Å². The maximum absolute atomic E-state index is 12.3. The summed E-state index contributed by atoms with van der Waals surface area (Å²) < 4.78 is 37.0. The number of halogens is 3. The van der Waals surface area contributed by atoms with Crippen molar-refractivity contribution in [3.8, 4) is 0 Å². The van der Waals surface area contributed by atoms with Crippen molar-refractivity contribution in [2.75, 3.05) is 0 Å². The molecular formula is C13H15F3O. The van der Waals surface area contributed by atoms with Crippen LogP contribution in [-0.4, -0.2) is 11.2 Å². The summed E-state index contributed by atoms with van der Waals surface area (Å²) in [6.07, 6.45) is -2.34. The predicted molar refractivity (Wildman–Crippen MR) is 58.5 cm³/mol. The molecule has 0 aromatic heterocycles. The Kier molecular flexibility index (Phi) is 2.94. The first-order valence-electron chi connectivity index (χ1n) is 5.65. The highest BCUT2D eigenvalue weighted by Crippen LogP contribution is 2.48. The molecule has 1 N–H and O–H groups in total. The van der Waals surface area contributed by atoms with Gasteiger partial charge in [-0.1, -0.05) is 19.1 Å². The normalized spacial score (nSPS) is 20.1. The first-order valence-corrected chi connectivity index (χ1v) is 5.65. The number of aliphatic hydroxyl groups excluding tert-OH is 1. The van der Waals surface area contributed by atoms with Gasteiger partial charge >= 0.3 is 6.18 Å². The SMILES string of the molecule is CC1(C(O)Cc2ccc(C(F)(F)F)cc2)CC1. The van der Waals surface area contributed by atoms with Crippen LogP contribution >= 0.6 is 0 Å². The summed E-state index contributed by atoms with van der Waals surface area (Å²) >= 11 is 0. The Hall–Kier alpha value is -1.03. The number of benzene rings is 1. The molecule has 1 aromatic rings. The average Bonchev–Trinajstić information content (AvgIpc) is 2.97. The largest absolute Gasteiger partial charge is 0.416 e. The van der Waals surface area contributed by atoms with E-state index in [1.54, 1.807) is 0 Å². The molecule has 0 heterocycles. The Balaban J connectivity index is 2.03. The van der Waals surface area contributed by atoms with E-state index in [-0.39, 0.29) is 5.41 Å². The Labute approximate surface area is 98.3 Å². The summed E-state index contributed by atoms with van der Waals surface area (Å²) in [5, 5.41) is 9.91. The fraction of sp³-hybridized carbons (Fsp3) is 0.538. The maximum atomic E-state index is 12.3. The molecule has 0 saturated heterocycles. The molecular weight excluding hydrogens is 229 g/mol. The zero-order valence-electron chi connectivity index (χ0n) is 9.59. The molecule has 0 radical (unpaired) electrons. The number of aliphatic hydroxyl groups is 1. The summed E-state index contributed by atoms with van der Waals surface area (Å²) in [6.45, 7) is 2.00. The molecule has 0 amide bonds. The van der Waals surface area contributed by atoms with Crippen molar-refractivity contribution >= 4 is 0 Å². The summed E-state index contributed by atoms with van der Waals surface area (Å²) in [5.74, 6) is 0. The summed E-state index contributed by atoms with van der Waals surface area (Å²) in [5.41, 5.74) is 0.0786. The molecule has 1 unspecified atom stereocenters. The van der Waals surface area contributed by atoms with E-state index in [1.807, 2.05) is 6.92 Å². The molecule has 0 aliphatic heterocycles. The van der Waals surface area contributed by atoms with Crippen molar-refractivity contribution in [1.29, 1.82) is 0 Å². The van der Waals surface area contributed by atoms with E-state index in [4.69, 9.17) is 0 Å². The molecule has 1 aromatic carbocycles. The lowest BCUT2D eigenvalue weighted by Gasteiger charge is -2.17. The molecule has 1 aliphatic rings. The van der Waals surface area contributed by atoms with Crippen molar-refractivity contribution < 1.29 is 18.3 Å². The van der Waals surface area contributed by atoms with Crippen molar-refractivity contribution in [2.45, 2.75) is 38.5 Å². The van der Waals surface area contributed by atoms with Gasteiger partial charge in [-0.2, -0.15) is 13.2 Å². The summed E-state index contributed by atoms with van der Waals surface area (Å²) in [4.78, 5) is 0. The van der Waals surface area contributed by atoms with Crippen molar-refractivity contribution in [3.63, 3.8) is 0 Å². The van der Waals surface area contributed by atoms with Crippen LogP contribution < -0.4 is 0 Å². The maximum Gasteiger partial charge on any atom is 0.416 e. The van der Waals surface area contributed by atoms with Crippen LogP contribution in [0, 0.1) is 5.41 Å². The predicted octanol–water partition coefficient (Wildman–Crippen LogP) is 3.41. The van der Waals surface area contributed by atoms with Crippen LogP contribution in [0.3, 0.4) is 0 Å². The van der Waals surface area contributed by atoms with E-state index in [0.717, 1.165) is 30.5 Å². The van der Waals surface area contributed by atoms with E-state index >= 15 is 0 Å². The summed E-state index contributed by atoms with van der Waals surface area (Å²) in [7, 11) is 0. The molecule has 0 spiro atoms. The van der Waals surface area contributed by atoms with E-state index in [1.165, 1.54) is 12.1 Å². The van der Waals surface area contributed by atoms with Gasteiger partial charge in [0.05, 0.1) is 11.7 Å². The Bertz CT molecular complexity index is 390. The third-order valence-corrected chi connectivity index (χ3v) is 3.55. The highest BCUT2D eigenvalue weighted by atomic mass is 19.4. The van der Waals surface area contributed by atoms with Gasteiger partial charge in [-0.25, -0.2) is 0 Å². The molecule has 94 valence electrons. The van der Waals surface area contributed by atoms with Gasteiger partial charge in [0.1, 0.15) is 0 Å². The molecule has 1 aliphatic carbocycles. The molecule has 17 heavy (non-hydrogen) atoms. The van der Waals surface area contributed by atoms with Gasteiger partial charge < -0.3 is 5.11 Å². The molecule has 1 nitrogen and oxygen atoms in total. The summed E-state index contributed by atoms with van der Waals surface area (Å²) in [6, 6.07) is 5.02. The fourth-order valence-corrected chi connectivity index (χ4v) is 1.83. The number of hydrogen-bond donors (Lipinski definition) is 1. The quantitative estimate of drug-likeness (QED) is 0.863. The average molecular weight is 244 g/mol. The second-order valence-corrected chi connectivity index (χ2v) is 5.07. The van der Waals surface area contributed by atoms with Gasteiger partial charge in [0.2, 0.25) is 0 Å². The monoisotopic (exact) mass is 244 g/mol. The van der Waals surface area contributed by atoms with E-state index < -0.39 is 17.8 Å². The standard InChI is InChI=1S/C13H15F3O/c1-12(6-7-12)11(17)8-9-2-4-10(5-3-9)13(14,15)16/h2-5,11,17H,6-8H2,1H3.